The number of sulfone groups is 2. The van der Waals surface area contributed by atoms with Gasteiger partial charge in [-0.25, -0.2) is 26.0 Å². The van der Waals surface area contributed by atoms with Gasteiger partial charge in [0.05, 0.1) is 45.0 Å². The number of dihydropyridines is 1. The molecule has 49 heavy (non-hydrogen) atoms. The molecule has 10 nitrogen and oxygen atoms in total. The first-order chi connectivity index (χ1) is 23.3. The van der Waals surface area contributed by atoms with Crippen LogP contribution in [-0.4, -0.2) is 49.1 Å². The number of benzene rings is 4. The van der Waals surface area contributed by atoms with E-state index in [1.165, 1.54) is 31.2 Å². The summed E-state index contributed by atoms with van der Waals surface area (Å²) in [6.07, 6.45) is -0.0521. The number of fused-ring (bicyclic) bond motifs is 3. The molecule has 0 spiro atoms. The molecule has 0 amide bonds. The van der Waals surface area contributed by atoms with Crippen molar-refractivity contribution in [2.75, 3.05) is 20.3 Å². The van der Waals surface area contributed by atoms with E-state index < -0.39 is 81.1 Å². The fraction of sp³-hybridized carbons (Fsp3) is 0.143. The predicted octanol–water partition coefficient (Wildman–Crippen LogP) is 5.66. The van der Waals surface area contributed by atoms with Gasteiger partial charge in [0.1, 0.15) is 29.7 Å². The zero-order valence-electron chi connectivity index (χ0n) is 26.0. The number of ether oxygens (including phenoxy) is 3. The van der Waals surface area contributed by atoms with Crippen LogP contribution in [0.5, 0.6) is 5.75 Å². The first kappa shape index (κ1) is 33.9. The Hall–Kier alpha value is -4.98. The van der Waals surface area contributed by atoms with Crippen molar-refractivity contribution in [1.82, 2.24) is 5.32 Å². The van der Waals surface area contributed by atoms with Gasteiger partial charge in [0.15, 0.2) is 0 Å². The minimum absolute atomic E-state index is 0.0309. The molecule has 4 aromatic carbocycles. The van der Waals surface area contributed by atoms with Gasteiger partial charge < -0.3 is 19.5 Å². The van der Waals surface area contributed by atoms with Gasteiger partial charge in [-0.2, -0.15) is 0 Å². The van der Waals surface area contributed by atoms with Gasteiger partial charge in [0.2, 0.25) is 19.7 Å². The largest absolute Gasteiger partial charge is 0.497 e. The van der Waals surface area contributed by atoms with E-state index in [0.29, 0.717) is 11.3 Å². The second kappa shape index (κ2) is 13.1. The lowest BCUT2D eigenvalue weighted by atomic mass is 9.92. The summed E-state index contributed by atoms with van der Waals surface area (Å²) < 4.78 is 86.5. The number of rotatable bonds is 8. The topological polar surface area (TPSA) is 142 Å². The Bertz CT molecular complexity index is 2360. The molecular weight excluding hydrogens is 697 g/mol. The molecule has 2 heterocycles. The summed E-state index contributed by atoms with van der Waals surface area (Å²) >= 11 is 6.41. The Kier molecular flexibility index (Phi) is 9.09. The molecule has 0 aromatic heterocycles. The highest BCUT2D eigenvalue weighted by Gasteiger charge is 2.43. The van der Waals surface area contributed by atoms with Gasteiger partial charge in [0.25, 0.3) is 0 Å². The van der Waals surface area contributed by atoms with Crippen LogP contribution in [0.15, 0.2) is 116 Å². The molecule has 0 bridgehead atoms. The number of hydrogen-bond acceptors (Lipinski definition) is 10. The maximum atomic E-state index is 15.5. The second-order valence-corrected chi connectivity index (χ2v) is 15.1. The summed E-state index contributed by atoms with van der Waals surface area (Å²) in [7, 11) is -7.48. The van der Waals surface area contributed by atoms with Crippen LogP contribution in [-0.2, 0) is 45.2 Å². The van der Waals surface area contributed by atoms with E-state index in [0.717, 1.165) is 34.4 Å². The van der Waals surface area contributed by atoms with Crippen LogP contribution in [0.1, 0.15) is 18.1 Å². The Balaban J connectivity index is 1.28. The summed E-state index contributed by atoms with van der Waals surface area (Å²) in [6, 6.07) is 19.6. The highest BCUT2D eigenvalue weighted by Crippen LogP contribution is 2.46. The number of carbonyl (C=O) groups is 2. The summed E-state index contributed by atoms with van der Waals surface area (Å²) in [5.41, 5.74) is -1.06. The molecule has 0 atom stereocenters. The Labute approximate surface area is 286 Å². The molecule has 0 radical (unpaired) electrons. The first-order valence-corrected chi connectivity index (χ1v) is 18.1. The average molecular weight is 724 g/mol. The third-order valence-electron chi connectivity index (χ3n) is 7.86. The summed E-state index contributed by atoms with van der Waals surface area (Å²) in [6.45, 7) is 0.607. The fourth-order valence-corrected chi connectivity index (χ4v) is 9.60. The molecule has 0 saturated carbocycles. The van der Waals surface area contributed by atoms with E-state index in [1.807, 2.05) is 30.3 Å². The maximum absolute atomic E-state index is 15.5. The van der Waals surface area contributed by atoms with Crippen molar-refractivity contribution in [2.24, 2.45) is 0 Å². The summed E-state index contributed by atoms with van der Waals surface area (Å²) in [5, 5.41) is 5.01. The predicted molar refractivity (Wildman–Crippen MR) is 179 cm³/mol. The Morgan fingerprint density at radius 1 is 0.857 bits per heavy atom. The molecular formula is C35H27ClFNO9S2. The lowest BCUT2D eigenvalue weighted by molar-refractivity contribution is -0.149. The molecule has 252 valence electrons. The van der Waals surface area contributed by atoms with Crippen LogP contribution >= 0.6 is 11.6 Å². The van der Waals surface area contributed by atoms with Crippen molar-refractivity contribution in [2.45, 2.75) is 23.1 Å². The number of methoxy groups -OCH3 is 1. The van der Waals surface area contributed by atoms with E-state index in [-0.39, 0.29) is 23.7 Å². The second-order valence-electron chi connectivity index (χ2n) is 11.0. The van der Waals surface area contributed by atoms with Crippen molar-refractivity contribution in [3.05, 3.63) is 128 Å². The fourth-order valence-electron chi connectivity index (χ4n) is 5.68. The Morgan fingerprint density at radius 2 is 1.55 bits per heavy atom. The number of nitrogens with one attached hydrogen (secondary N) is 1. The van der Waals surface area contributed by atoms with Gasteiger partial charge in [-0.05, 0) is 59.7 Å². The molecule has 2 aliphatic rings. The van der Waals surface area contributed by atoms with Gasteiger partial charge in [0, 0.05) is 16.8 Å². The van der Waals surface area contributed by atoms with Gasteiger partial charge in [-0.3, -0.25) is 4.79 Å². The normalized spacial score (nSPS) is 16.1. The molecule has 1 N–H and O–H groups in total. The molecule has 2 aliphatic heterocycles. The molecule has 0 saturated heterocycles. The van der Waals surface area contributed by atoms with Crippen molar-refractivity contribution in [3.63, 3.8) is 0 Å². The Morgan fingerprint density at radius 3 is 2.29 bits per heavy atom. The van der Waals surface area contributed by atoms with Crippen molar-refractivity contribution in [1.29, 1.82) is 0 Å². The lowest BCUT2D eigenvalue weighted by Crippen LogP contribution is -2.29. The monoisotopic (exact) mass is 723 g/mol. The van der Waals surface area contributed by atoms with Crippen molar-refractivity contribution >= 4 is 59.6 Å². The maximum Gasteiger partial charge on any atom is 0.340 e. The van der Waals surface area contributed by atoms with E-state index in [9.17, 15) is 26.4 Å². The smallest absolute Gasteiger partial charge is 0.340 e. The van der Waals surface area contributed by atoms with Gasteiger partial charge in [-0.1, -0.05) is 54.1 Å². The minimum Gasteiger partial charge on any atom is -0.497 e. The third kappa shape index (κ3) is 6.44. The van der Waals surface area contributed by atoms with Crippen LogP contribution in [0, 0.1) is 5.82 Å². The number of halogens is 2. The number of allylic oxidation sites excluding steroid dienone is 1. The van der Waals surface area contributed by atoms with E-state index in [1.54, 1.807) is 13.2 Å². The van der Waals surface area contributed by atoms with Crippen molar-refractivity contribution < 1.29 is 45.0 Å². The van der Waals surface area contributed by atoms with Crippen LogP contribution in [0.25, 0.3) is 16.3 Å². The minimum atomic E-state index is -4.73. The van der Waals surface area contributed by atoms with Crippen LogP contribution in [0.4, 0.5) is 4.39 Å². The summed E-state index contributed by atoms with van der Waals surface area (Å²) in [4.78, 5) is 24.5. The van der Waals surface area contributed by atoms with Crippen molar-refractivity contribution in [3.8, 4) is 5.75 Å². The number of carbonyl (C=O) groups excluding carboxylic acids is 2. The molecule has 14 heteroatoms. The highest BCUT2D eigenvalue weighted by molar-refractivity contribution is 7.99. The third-order valence-corrected chi connectivity index (χ3v) is 11.7. The number of esters is 2. The average Bonchev–Trinajstić information content (AvgIpc) is 3.12. The van der Waals surface area contributed by atoms with E-state index in [4.69, 9.17) is 25.8 Å². The number of hydrogen-bond donors (Lipinski definition) is 1. The standard InChI is InChI=1S/C35H27ClFNO9S2/c1-20-31(35(40)47-15-14-46-30(39)17-21-10-11-23-18-24(45-2)13-12-22(23)16-21)33(32-25(36)6-5-7-26(32)37)34-27(38-20)19-48(41,42)28-8-3-4-9-29(28)49(34,43)44/h3-13,16,18-19,38H,14-15,17H2,1-2H3. The highest BCUT2D eigenvalue weighted by atomic mass is 35.5. The molecule has 4 aromatic rings. The SMILES string of the molecule is COc1ccc2cc(CC(=O)OCCOC(=O)C3=C(C)NC4=CS(=O)(=O)c5ccccc5S(=O)(=O)C4=C3c3c(F)cccc3Cl)ccc2c1. The summed E-state index contributed by atoms with van der Waals surface area (Å²) in [5.74, 6) is -1.94. The molecule has 0 aliphatic carbocycles. The lowest BCUT2D eigenvalue weighted by Gasteiger charge is -2.27. The quantitative estimate of drug-likeness (QED) is 0.179. The zero-order valence-corrected chi connectivity index (χ0v) is 28.3. The first-order valence-electron chi connectivity index (χ1n) is 14.7. The molecule has 0 unspecified atom stereocenters. The van der Waals surface area contributed by atoms with Crippen LogP contribution in [0.2, 0.25) is 5.02 Å². The van der Waals surface area contributed by atoms with E-state index in [2.05, 4.69) is 5.32 Å². The molecule has 0 fully saturated rings. The van der Waals surface area contributed by atoms with E-state index >= 15 is 4.39 Å². The van der Waals surface area contributed by atoms with Crippen LogP contribution < -0.4 is 10.1 Å². The van der Waals surface area contributed by atoms with Crippen LogP contribution in [0.3, 0.4) is 0 Å². The molecule has 6 rings (SSSR count). The van der Waals surface area contributed by atoms with Gasteiger partial charge in [-0.15, -0.1) is 0 Å². The van der Waals surface area contributed by atoms with Gasteiger partial charge >= 0.3 is 11.9 Å². The zero-order chi connectivity index (χ0) is 35.1.